The Morgan fingerprint density at radius 2 is 1.71 bits per heavy atom. The maximum Gasteiger partial charge on any atom is 0.240 e. The van der Waals surface area contributed by atoms with Gasteiger partial charge in [-0.25, -0.2) is 9.97 Å². The Hall–Kier alpha value is -2.74. The lowest BCUT2D eigenvalue weighted by atomic mass is 10.1. The molecule has 7 heteroatoms. The van der Waals surface area contributed by atoms with Crippen LogP contribution >= 0.6 is 23.1 Å². The van der Waals surface area contributed by atoms with Crippen molar-refractivity contribution in [1.29, 1.82) is 0 Å². The van der Waals surface area contributed by atoms with Gasteiger partial charge in [0.2, 0.25) is 5.91 Å². The topological polar surface area (TPSA) is 55.3 Å². The molecule has 4 aromatic rings. The molecule has 2 aromatic carbocycles. The second kappa shape index (κ2) is 9.18. The van der Waals surface area contributed by atoms with E-state index < -0.39 is 0 Å². The highest BCUT2D eigenvalue weighted by Gasteiger charge is 2.29. The highest BCUT2D eigenvalue weighted by atomic mass is 32.2. The Bertz CT molecular complexity index is 1180. The first-order valence-electron chi connectivity index (χ1n) is 10.2. The molecule has 0 spiro atoms. The standard InChI is InChI=1S/C24H21N3O2S2/c28-24(27-11-13-29-14-12-27)21(18-9-5-2-6-10-18)31-23-19-15-20(17-7-3-1-4-8-17)30-22(19)25-16-26-23/h1-10,15-16,21H,11-14H2. The molecule has 31 heavy (non-hydrogen) atoms. The number of thioether (sulfide) groups is 1. The third-order valence-corrected chi connectivity index (χ3v) is 7.58. The van der Waals surface area contributed by atoms with Gasteiger partial charge in [-0.3, -0.25) is 4.79 Å². The van der Waals surface area contributed by atoms with E-state index in [0.29, 0.717) is 26.3 Å². The lowest BCUT2D eigenvalue weighted by Crippen LogP contribution is -2.42. The van der Waals surface area contributed by atoms with Gasteiger partial charge < -0.3 is 9.64 Å². The van der Waals surface area contributed by atoms with E-state index in [2.05, 4.69) is 28.2 Å². The molecule has 1 saturated heterocycles. The summed E-state index contributed by atoms with van der Waals surface area (Å²) in [5.41, 5.74) is 2.14. The van der Waals surface area contributed by atoms with Gasteiger partial charge in [-0.05, 0) is 17.2 Å². The maximum atomic E-state index is 13.5. The minimum Gasteiger partial charge on any atom is -0.378 e. The lowest BCUT2D eigenvalue weighted by Gasteiger charge is -2.30. The summed E-state index contributed by atoms with van der Waals surface area (Å²) in [6.45, 7) is 2.41. The average Bonchev–Trinajstić information content (AvgIpc) is 3.29. The molecular formula is C24H21N3O2S2. The molecule has 0 N–H and O–H groups in total. The summed E-state index contributed by atoms with van der Waals surface area (Å²) < 4.78 is 5.44. The minimum atomic E-state index is -0.363. The molecule has 0 saturated carbocycles. The summed E-state index contributed by atoms with van der Waals surface area (Å²) in [5, 5.41) is 1.46. The highest BCUT2D eigenvalue weighted by molar-refractivity contribution is 8.00. The van der Waals surface area contributed by atoms with Crippen LogP contribution in [0.15, 0.2) is 78.1 Å². The molecule has 156 valence electrons. The second-order valence-electron chi connectivity index (χ2n) is 7.22. The highest BCUT2D eigenvalue weighted by Crippen LogP contribution is 2.42. The van der Waals surface area contributed by atoms with E-state index in [4.69, 9.17) is 4.74 Å². The summed E-state index contributed by atoms with van der Waals surface area (Å²) in [6.07, 6.45) is 1.59. The number of rotatable bonds is 5. The first-order chi connectivity index (χ1) is 15.3. The first-order valence-corrected chi connectivity index (χ1v) is 11.9. The van der Waals surface area contributed by atoms with Crippen LogP contribution in [0.25, 0.3) is 20.7 Å². The number of amides is 1. The van der Waals surface area contributed by atoms with E-state index in [-0.39, 0.29) is 11.2 Å². The Morgan fingerprint density at radius 1 is 1.00 bits per heavy atom. The van der Waals surface area contributed by atoms with Gasteiger partial charge in [0.15, 0.2) is 0 Å². The summed E-state index contributed by atoms with van der Waals surface area (Å²) in [6, 6.07) is 22.4. The van der Waals surface area contributed by atoms with Crippen molar-refractivity contribution in [2.75, 3.05) is 26.3 Å². The minimum absolute atomic E-state index is 0.102. The Balaban J connectivity index is 1.51. The number of ether oxygens (including phenoxy) is 1. The van der Waals surface area contributed by atoms with Crippen LogP contribution in [0, 0.1) is 0 Å². The fraction of sp³-hybridized carbons (Fsp3) is 0.208. The predicted molar refractivity (Wildman–Crippen MR) is 125 cm³/mol. The van der Waals surface area contributed by atoms with Crippen molar-refractivity contribution in [3.05, 3.63) is 78.6 Å². The van der Waals surface area contributed by atoms with Crippen LogP contribution in [0.5, 0.6) is 0 Å². The van der Waals surface area contributed by atoms with Crippen LogP contribution in [0.3, 0.4) is 0 Å². The average molecular weight is 448 g/mol. The van der Waals surface area contributed by atoms with Gasteiger partial charge in [-0.2, -0.15) is 0 Å². The maximum absolute atomic E-state index is 13.5. The lowest BCUT2D eigenvalue weighted by molar-refractivity contribution is -0.134. The summed E-state index contributed by atoms with van der Waals surface area (Å²) in [5.74, 6) is 0.102. The van der Waals surface area contributed by atoms with E-state index in [0.717, 1.165) is 31.2 Å². The van der Waals surface area contributed by atoms with Crippen LogP contribution in [-0.2, 0) is 9.53 Å². The van der Waals surface area contributed by atoms with Crippen LogP contribution in [-0.4, -0.2) is 47.1 Å². The molecule has 0 radical (unpaired) electrons. The third-order valence-electron chi connectivity index (χ3n) is 5.23. The number of morpholine rings is 1. The van der Waals surface area contributed by atoms with Crippen LogP contribution < -0.4 is 0 Å². The second-order valence-corrected chi connectivity index (χ2v) is 9.35. The zero-order chi connectivity index (χ0) is 21.0. The number of hydrogen-bond acceptors (Lipinski definition) is 6. The zero-order valence-electron chi connectivity index (χ0n) is 16.8. The van der Waals surface area contributed by atoms with E-state index >= 15 is 0 Å². The number of fused-ring (bicyclic) bond motifs is 1. The fourth-order valence-electron chi connectivity index (χ4n) is 3.62. The van der Waals surface area contributed by atoms with Crippen molar-refractivity contribution >= 4 is 39.2 Å². The van der Waals surface area contributed by atoms with Crippen molar-refractivity contribution in [3.63, 3.8) is 0 Å². The van der Waals surface area contributed by atoms with Gasteiger partial charge in [0.05, 0.1) is 13.2 Å². The Morgan fingerprint density at radius 3 is 2.45 bits per heavy atom. The van der Waals surface area contributed by atoms with Crippen molar-refractivity contribution in [1.82, 2.24) is 14.9 Å². The van der Waals surface area contributed by atoms with E-state index in [1.807, 2.05) is 53.4 Å². The number of carbonyl (C=O) groups excluding carboxylic acids is 1. The third kappa shape index (κ3) is 4.35. The Labute approximate surface area is 189 Å². The molecule has 5 rings (SSSR count). The number of hydrogen-bond donors (Lipinski definition) is 0. The van der Waals surface area contributed by atoms with Crippen molar-refractivity contribution < 1.29 is 9.53 Å². The number of benzene rings is 2. The SMILES string of the molecule is O=C(C(Sc1ncnc2sc(-c3ccccc3)cc12)c1ccccc1)N1CCOCC1. The molecule has 0 aliphatic carbocycles. The number of aromatic nitrogens is 2. The molecule has 1 fully saturated rings. The normalized spacial score (nSPS) is 15.2. The number of thiophene rings is 1. The van der Waals surface area contributed by atoms with E-state index in [1.54, 1.807) is 17.7 Å². The van der Waals surface area contributed by atoms with Gasteiger partial charge in [-0.1, -0.05) is 72.4 Å². The fourth-order valence-corrected chi connectivity index (χ4v) is 5.85. The summed E-state index contributed by atoms with van der Waals surface area (Å²) >= 11 is 3.15. The summed E-state index contributed by atoms with van der Waals surface area (Å²) in [4.78, 5) is 26.5. The number of nitrogens with zero attached hydrogens (tertiary/aromatic N) is 3. The van der Waals surface area contributed by atoms with Gasteiger partial charge >= 0.3 is 0 Å². The van der Waals surface area contributed by atoms with Crippen molar-refractivity contribution in [3.8, 4) is 10.4 Å². The molecular weight excluding hydrogens is 426 g/mol. The van der Waals surface area contributed by atoms with Gasteiger partial charge in [-0.15, -0.1) is 11.3 Å². The number of carbonyl (C=O) groups is 1. The van der Waals surface area contributed by atoms with Crippen molar-refractivity contribution in [2.24, 2.45) is 0 Å². The van der Waals surface area contributed by atoms with Gasteiger partial charge in [0.25, 0.3) is 0 Å². The quantitative estimate of drug-likeness (QED) is 0.317. The van der Waals surface area contributed by atoms with Gasteiger partial charge in [0.1, 0.15) is 21.4 Å². The zero-order valence-corrected chi connectivity index (χ0v) is 18.4. The van der Waals surface area contributed by atoms with Crippen LogP contribution in [0.1, 0.15) is 10.8 Å². The molecule has 1 unspecified atom stereocenters. The molecule has 1 atom stereocenters. The summed E-state index contributed by atoms with van der Waals surface area (Å²) in [7, 11) is 0. The van der Waals surface area contributed by atoms with Crippen molar-refractivity contribution in [2.45, 2.75) is 10.3 Å². The van der Waals surface area contributed by atoms with Crippen LogP contribution in [0.4, 0.5) is 0 Å². The molecule has 1 amide bonds. The molecule has 2 aromatic heterocycles. The monoisotopic (exact) mass is 447 g/mol. The molecule has 5 nitrogen and oxygen atoms in total. The van der Waals surface area contributed by atoms with Gasteiger partial charge in [0, 0.05) is 23.4 Å². The Kier molecular flexibility index (Phi) is 5.97. The van der Waals surface area contributed by atoms with E-state index in [9.17, 15) is 4.79 Å². The predicted octanol–water partition coefficient (Wildman–Crippen LogP) is 5.05. The van der Waals surface area contributed by atoms with E-state index in [1.165, 1.54) is 11.8 Å². The smallest absolute Gasteiger partial charge is 0.240 e. The largest absolute Gasteiger partial charge is 0.378 e. The first kappa shape index (κ1) is 20.2. The van der Waals surface area contributed by atoms with Crippen LogP contribution in [0.2, 0.25) is 0 Å². The molecule has 1 aliphatic heterocycles. The molecule has 3 heterocycles. The molecule has 1 aliphatic rings. The molecule has 0 bridgehead atoms.